The van der Waals surface area contributed by atoms with Gasteiger partial charge >= 0.3 is 5.92 Å². The van der Waals surface area contributed by atoms with Crippen molar-refractivity contribution in [3.63, 3.8) is 0 Å². The van der Waals surface area contributed by atoms with E-state index in [9.17, 15) is 8.78 Å². The molecule has 0 unspecified atom stereocenters. The highest BCUT2D eigenvalue weighted by molar-refractivity contribution is 5.73. The van der Waals surface area contributed by atoms with E-state index in [0.717, 1.165) is 0 Å². The maximum Gasteiger partial charge on any atom is 0.302 e. The number of hydrogen-bond acceptors (Lipinski definition) is 1. The molecule has 0 saturated heterocycles. The molecule has 0 fully saturated rings. The van der Waals surface area contributed by atoms with Gasteiger partial charge in [0.25, 0.3) is 0 Å². The van der Waals surface area contributed by atoms with Crippen molar-refractivity contribution in [2.24, 2.45) is 0 Å². The predicted octanol–water partition coefficient (Wildman–Crippen LogP) is 3.88. The van der Waals surface area contributed by atoms with E-state index in [-0.39, 0.29) is 11.1 Å². The Hall–Kier alpha value is -1.90. The van der Waals surface area contributed by atoms with Crippen LogP contribution in [0.15, 0.2) is 48.5 Å². The highest BCUT2D eigenvalue weighted by Crippen LogP contribution is 2.47. The molecule has 0 radical (unpaired) electrons. The van der Waals surface area contributed by atoms with Crippen LogP contribution in [0.4, 0.5) is 20.2 Å². The van der Waals surface area contributed by atoms with E-state index in [1.807, 2.05) is 0 Å². The van der Waals surface area contributed by atoms with Gasteiger partial charge in [0.1, 0.15) is 0 Å². The van der Waals surface area contributed by atoms with Gasteiger partial charge in [0.2, 0.25) is 0 Å². The number of halogens is 2. The molecule has 3 heteroatoms. The van der Waals surface area contributed by atoms with Crippen LogP contribution in [-0.4, -0.2) is 0 Å². The van der Waals surface area contributed by atoms with Crippen LogP contribution in [0.5, 0.6) is 0 Å². The number of alkyl halides is 2. The predicted molar refractivity (Wildman–Crippen MR) is 59.2 cm³/mol. The number of anilines is 2. The third-order valence-electron chi connectivity index (χ3n) is 2.80. The fourth-order valence-corrected chi connectivity index (χ4v) is 2.02. The zero-order valence-electron chi connectivity index (χ0n) is 8.37. The van der Waals surface area contributed by atoms with Gasteiger partial charge in [0.05, 0.1) is 0 Å². The molecule has 1 heterocycles. The molecule has 0 atom stereocenters. The van der Waals surface area contributed by atoms with Crippen LogP contribution >= 0.6 is 0 Å². The highest BCUT2D eigenvalue weighted by Gasteiger charge is 2.41. The lowest BCUT2D eigenvalue weighted by atomic mass is 9.93. The minimum absolute atomic E-state index is 0.0358. The molecular formula is C13H9F2N. The lowest BCUT2D eigenvalue weighted by Crippen LogP contribution is -2.22. The summed E-state index contributed by atoms with van der Waals surface area (Å²) in [5.74, 6) is -2.92. The average molecular weight is 217 g/mol. The quantitative estimate of drug-likeness (QED) is 0.706. The molecule has 0 aliphatic carbocycles. The van der Waals surface area contributed by atoms with Crippen molar-refractivity contribution in [2.45, 2.75) is 5.92 Å². The molecule has 2 aromatic rings. The maximum absolute atomic E-state index is 14.1. The zero-order chi connectivity index (χ0) is 11.2. The van der Waals surface area contributed by atoms with Gasteiger partial charge in [-0.1, -0.05) is 36.4 Å². The van der Waals surface area contributed by atoms with E-state index >= 15 is 0 Å². The standard InChI is InChI=1S/C13H9F2N/c14-13(15)9-5-1-3-7-11(9)16-12-8-4-2-6-10(12)13/h1-8,16H. The normalized spacial score (nSPS) is 15.9. The minimum Gasteiger partial charge on any atom is -0.355 e. The molecule has 1 aliphatic heterocycles. The van der Waals surface area contributed by atoms with Crippen molar-refractivity contribution in [1.82, 2.24) is 0 Å². The van der Waals surface area contributed by atoms with Crippen LogP contribution in [0.1, 0.15) is 11.1 Å². The van der Waals surface area contributed by atoms with Crippen LogP contribution in [0, 0.1) is 0 Å². The Bertz CT molecular complexity index is 502. The molecule has 1 nitrogen and oxygen atoms in total. The Morgan fingerprint density at radius 1 is 0.750 bits per heavy atom. The van der Waals surface area contributed by atoms with Crippen LogP contribution in [0.25, 0.3) is 0 Å². The number of fused-ring (bicyclic) bond motifs is 2. The van der Waals surface area contributed by atoms with Crippen LogP contribution in [0.3, 0.4) is 0 Å². The summed E-state index contributed by atoms with van der Waals surface area (Å²) in [5, 5.41) is 3.02. The Balaban J connectivity index is 2.28. The van der Waals surface area contributed by atoms with Crippen molar-refractivity contribution >= 4 is 11.4 Å². The Kier molecular flexibility index (Phi) is 1.78. The molecule has 0 spiro atoms. The molecule has 3 rings (SSSR count). The SMILES string of the molecule is FC1(F)c2ccccc2Nc2ccccc21. The number of para-hydroxylation sites is 2. The third-order valence-corrected chi connectivity index (χ3v) is 2.80. The second-order valence-corrected chi connectivity index (χ2v) is 3.79. The first kappa shape index (κ1) is 9.33. The van der Waals surface area contributed by atoms with Crippen molar-refractivity contribution in [3.8, 4) is 0 Å². The summed E-state index contributed by atoms with van der Waals surface area (Å²) in [6.45, 7) is 0. The molecule has 1 aliphatic rings. The topological polar surface area (TPSA) is 12.0 Å². The van der Waals surface area contributed by atoms with Crippen molar-refractivity contribution in [1.29, 1.82) is 0 Å². The van der Waals surface area contributed by atoms with E-state index in [4.69, 9.17) is 0 Å². The Morgan fingerprint density at radius 2 is 1.19 bits per heavy atom. The maximum atomic E-state index is 14.1. The van der Waals surface area contributed by atoms with E-state index in [1.165, 1.54) is 12.1 Å². The van der Waals surface area contributed by atoms with E-state index < -0.39 is 5.92 Å². The summed E-state index contributed by atoms with van der Waals surface area (Å²) in [5.41, 5.74) is 1.03. The molecule has 0 amide bonds. The molecule has 0 saturated carbocycles. The van der Waals surface area contributed by atoms with E-state index in [2.05, 4.69) is 5.32 Å². The molecule has 0 bridgehead atoms. The largest absolute Gasteiger partial charge is 0.355 e. The molecule has 0 aromatic heterocycles. The van der Waals surface area contributed by atoms with Crippen LogP contribution in [-0.2, 0) is 5.92 Å². The fraction of sp³-hybridized carbons (Fsp3) is 0.0769. The minimum atomic E-state index is -2.92. The Labute approximate surface area is 91.7 Å². The average Bonchev–Trinajstić information content (AvgIpc) is 2.29. The zero-order valence-corrected chi connectivity index (χ0v) is 8.37. The van der Waals surface area contributed by atoms with Gasteiger partial charge in [0, 0.05) is 22.5 Å². The van der Waals surface area contributed by atoms with Gasteiger partial charge in [-0.15, -0.1) is 0 Å². The van der Waals surface area contributed by atoms with Crippen LogP contribution < -0.4 is 5.32 Å². The monoisotopic (exact) mass is 217 g/mol. The number of nitrogens with one attached hydrogen (secondary N) is 1. The first-order valence-corrected chi connectivity index (χ1v) is 5.03. The summed E-state index contributed by atoms with van der Waals surface area (Å²) in [4.78, 5) is 0. The van der Waals surface area contributed by atoms with Gasteiger partial charge in [-0.2, -0.15) is 8.78 Å². The van der Waals surface area contributed by atoms with Crippen molar-refractivity contribution in [2.75, 3.05) is 5.32 Å². The van der Waals surface area contributed by atoms with Crippen molar-refractivity contribution < 1.29 is 8.78 Å². The summed E-state index contributed by atoms with van der Waals surface area (Å²) in [6, 6.07) is 13.0. The fourth-order valence-electron chi connectivity index (χ4n) is 2.02. The number of rotatable bonds is 0. The second-order valence-electron chi connectivity index (χ2n) is 3.79. The number of benzene rings is 2. The van der Waals surface area contributed by atoms with Crippen molar-refractivity contribution in [3.05, 3.63) is 59.7 Å². The van der Waals surface area contributed by atoms with E-state index in [0.29, 0.717) is 11.4 Å². The summed E-state index contributed by atoms with van der Waals surface area (Å²) in [7, 11) is 0. The lowest BCUT2D eigenvalue weighted by molar-refractivity contribution is 0.0431. The summed E-state index contributed by atoms with van der Waals surface area (Å²) >= 11 is 0. The molecule has 1 N–H and O–H groups in total. The van der Waals surface area contributed by atoms with Gasteiger partial charge in [-0.05, 0) is 12.1 Å². The molecule has 16 heavy (non-hydrogen) atoms. The first-order valence-electron chi connectivity index (χ1n) is 5.03. The summed E-state index contributed by atoms with van der Waals surface area (Å²) in [6.07, 6.45) is 0. The number of hydrogen-bond donors (Lipinski definition) is 1. The third kappa shape index (κ3) is 1.14. The van der Waals surface area contributed by atoms with Gasteiger partial charge in [-0.25, -0.2) is 0 Å². The molecule has 80 valence electrons. The molecular weight excluding hydrogens is 208 g/mol. The lowest BCUT2D eigenvalue weighted by Gasteiger charge is -2.28. The summed E-state index contributed by atoms with van der Waals surface area (Å²) < 4.78 is 28.3. The van der Waals surface area contributed by atoms with Gasteiger partial charge in [-0.3, -0.25) is 0 Å². The van der Waals surface area contributed by atoms with Crippen LogP contribution in [0.2, 0.25) is 0 Å². The van der Waals surface area contributed by atoms with E-state index in [1.54, 1.807) is 36.4 Å². The van der Waals surface area contributed by atoms with Gasteiger partial charge in [0.15, 0.2) is 0 Å². The second kappa shape index (κ2) is 3.04. The highest BCUT2D eigenvalue weighted by atomic mass is 19.3. The Morgan fingerprint density at radius 3 is 1.69 bits per heavy atom. The smallest absolute Gasteiger partial charge is 0.302 e. The first-order chi connectivity index (χ1) is 7.69. The molecule has 2 aromatic carbocycles. The van der Waals surface area contributed by atoms with Gasteiger partial charge < -0.3 is 5.32 Å².